The summed E-state index contributed by atoms with van der Waals surface area (Å²) in [4.78, 5) is 12.4. The quantitative estimate of drug-likeness (QED) is 0.804. The van der Waals surface area contributed by atoms with Crippen LogP contribution >= 0.6 is 39.7 Å². The van der Waals surface area contributed by atoms with Crippen LogP contribution in [0.1, 0.15) is 15.9 Å². The van der Waals surface area contributed by atoms with Gasteiger partial charge in [0.1, 0.15) is 4.99 Å². The molecule has 0 aliphatic heterocycles. The highest BCUT2D eigenvalue weighted by molar-refractivity contribution is 9.10. The number of hydrogen-bond acceptors (Lipinski definition) is 2. The van der Waals surface area contributed by atoms with E-state index in [2.05, 4.69) is 21.2 Å². The van der Waals surface area contributed by atoms with E-state index in [-0.39, 0.29) is 10.9 Å². The monoisotopic (exact) mass is 368 g/mol. The molecule has 1 amide bonds. The minimum atomic E-state index is -0.234. The first kappa shape index (κ1) is 15.0. The summed E-state index contributed by atoms with van der Waals surface area (Å²) >= 11 is 14.1. The second kappa shape index (κ2) is 6.35. The number of rotatable bonds is 3. The lowest BCUT2D eigenvalue weighted by Gasteiger charge is -2.07. The molecule has 3 nitrogen and oxygen atoms in total. The van der Waals surface area contributed by atoms with Crippen LogP contribution in [-0.4, -0.2) is 10.9 Å². The SMILES string of the molecule is NC(=S)c1cccc(NC(=O)c2ccc(Cl)c(Br)c2)c1. The van der Waals surface area contributed by atoms with Crippen molar-refractivity contribution in [3.05, 3.63) is 63.1 Å². The number of nitrogens with two attached hydrogens (primary N) is 1. The molecule has 0 bridgehead atoms. The number of nitrogens with one attached hydrogen (secondary N) is 1. The van der Waals surface area contributed by atoms with Crippen LogP contribution in [0.15, 0.2) is 46.9 Å². The molecule has 6 heteroatoms. The maximum absolute atomic E-state index is 12.1. The van der Waals surface area contributed by atoms with Crippen LogP contribution in [-0.2, 0) is 0 Å². The molecule has 0 fully saturated rings. The molecule has 2 rings (SSSR count). The van der Waals surface area contributed by atoms with Gasteiger partial charge in [0, 0.05) is 21.3 Å². The molecule has 2 aromatic rings. The smallest absolute Gasteiger partial charge is 0.255 e. The van der Waals surface area contributed by atoms with Gasteiger partial charge in [-0.05, 0) is 46.3 Å². The summed E-state index contributed by atoms with van der Waals surface area (Å²) in [6.07, 6.45) is 0. The zero-order chi connectivity index (χ0) is 14.7. The second-order valence-corrected chi connectivity index (χ2v) is 5.73. The number of hydrogen-bond donors (Lipinski definition) is 2. The first-order chi connectivity index (χ1) is 9.47. The van der Waals surface area contributed by atoms with Gasteiger partial charge in [-0.25, -0.2) is 0 Å². The van der Waals surface area contributed by atoms with Crippen molar-refractivity contribution < 1.29 is 4.79 Å². The summed E-state index contributed by atoms with van der Waals surface area (Å²) in [5, 5.41) is 3.33. The van der Waals surface area contributed by atoms with Crippen LogP contribution in [0, 0.1) is 0 Å². The van der Waals surface area contributed by atoms with Crippen LogP contribution in [0.4, 0.5) is 5.69 Å². The normalized spacial score (nSPS) is 10.1. The van der Waals surface area contributed by atoms with E-state index in [9.17, 15) is 4.79 Å². The standard InChI is InChI=1S/C14H10BrClN2OS/c15-11-7-9(4-5-12(11)16)14(19)18-10-3-1-2-8(6-10)13(17)20/h1-7H,(H2,17,20)(H,18,19). The van der Waals surface area contributed by atoms with Gasteiger partial charge in [-0.1, -0.05) is 36.0 Å². The van der Waals surface area contributed by atoms with Crippen molar-refractivity contribution in [3.63, 3.8) is 0 Å². The highest BCUT2D eigenvalue weighted by Crippen LogP contribution is 2.23. The van der Waals surface area contributed by atoms with E-state index in [4.69, 9.17) is 29.6 Å². The number of amides is 1. The van der Waals surface area contributed by atoms with Crippen molar-refractivity contribution in [3.8, 4) is 0 Å². The van der Waals surface area contributed by atoms with Gasteiger partial charge in [0.2, 0.25) is 0 Å². The van der Waals surface area contributed by atoms with Crippen molar-refractivity contribution in [2.24, 2.45) is 5.73 Å². The fraction of sp³-hybridized carbons (Fsp3) is 0. The van der Waals surface area contributed by atoms with Gasteiger partial charge in [0.05, 0.1) is 5.02 Å². The molecule has 0 aliphatic carbocycles. The Balaban J connectivity index is 2.21. The summed E-state index contributed by atoms with van der Waals surface area (Å²) in [5.41, 5.74) is 7.40. The second-order valence-electron chi connectivity index (χ2n) is 4.03. The van der Waals surface area contributed by atoms with Crippen LogP contribution < -0.4 is 11.1 Å². The molecule has 0 saturated heterocycles. The van der Waals surface area contributed by atoms with E-state index >= 15 is 0 Å². The van der Waals surface area contributed by atoms with E-state index in [0.717, 1.165) is 0 Å². The topological polar surface area (TPSA) is 55.1 Å². The summed E-state index contributed by atoms with van der Waals surface area (Å²) in [6, 6.07) is 12.0. The maximum atomic E-state index is 12.1. The number of benzene rings is 2. The minimum absolute atomic E-state index is 0.234. The van der Waals surface area contributed by atoms with E-state index < -0.39 is 0 Å². The molecule has 20 heavy (non-hydrogen) atoms. The third-order valence-electron chi connectivity index (χ3n) is 2.59. The lowest BCUT2D eigenvalue weighted by molar-refractivity contribution is 0.102. The highest BCUT2D eigenvalue weighted by atomic mass is 79.9. The van der Waals surface area contributed by atoms with Crippen molar-refractivity contribution in [1.29, 1.82) is 0 Å². The predicted molar refractivity (Wildman–Crippen MR) is 89.4 cm³/mol. The van der Waals surface area contributed by atoms with E-state index in [1.54, 1.807) is 42.5 Å². The van der Waals surface area contributed by atoms with Crippen molar-refractivity contribution in [2.75, 3.05) is 5.32 Å². The van der Waals surface area contributed by atoms with Gasteiger partial charge >= 0.3 is 0 Å². The molecule has 2 aromatic carbocycles. The van der Waals surface area contributed by atoms with Gasteiger partial charge in [-0.15, -0.1) is 0 Å². The molecule has 0 saturated carbocycles. The van der Waals surface area contributed by atoms with Gasteiger partial charge in [0.15, 0.2) is 0 Å². The van der Waals surface area contributed by atoms with Gasteiger partial charge in [-0.3, -0.25) is 4.79 Å². The Kier molecular flexibility index (Phi) is 4.75. The fourth-order valence-corrected chi connectivity index (χ4v) is 2.21. The predicted octanol–water partition coefficient (Wildman–Crippen LogP) is 3.99. The molecular weight excluding hydrogens is 360 g/mol. The minimum Gasteiger partial charge on any atom is -0.389 e. The zero-order valence-electron chi connectivity index (χ0n) is 10.2. The van der Waals surface area contributed by atoms with Crippen molar-refractivity contribution >= 4 is 56.3 Å². The van der Waals surface area contributed by atoms with Crippen LogP contribution in [0.3, 0.4) is 0 Å². The number of anilines is 1. The lowest BCUT2D eigenvalue weighted by Crippen LogP contribution is -2.13. The molecule has 0 unspecified atom stereocenters. The van der Waals surface area contributed by atoms with Crippen LogP contribution in [0.5, 0.6) is 0 Å². The molecule has 0 aliphatic rings. The Bertz CT molecular complexity index is 691. The Morgan fingerprint density at radius 1 is 1.20 bits per heavy atom. The van der Waals surface area contributed by atoms with Crippen molar-refractivity contribution in [2.45, 2.75) is 0 Å². The number of carbonyl (C=O) groups is 1. The summed E-state index contributed by atoms with van der Waals surface area (Å²) in [6.45, 7) is 0. The van der Waals surface area contributed by atoms with E-state index in [0.29, 0.717) is 26.3 Å². The van der Waals surface area contributed by atoms with Gasteiger partial charge in [-0.2, -0.15) is 0 Å². The molecule has 0 atom stereocenters. The molecule has 0 radical (unpaired) electrons. The fourth-order valence-electron chi connectivity index (χ4n) is 1.59. The molecule has 0 aromatic heterocycles. The Morgan fingerprint density at radius 2 is 1.95 bits per heavy atom. The number of thiocarbonyl (C=S) groups is 1. The average Bonchev–Trinajstić information content (AvgIpc) is 2.42. The summed E-state index contributed by atoms with van der Waals surface area (Å²) < 4.78 is 0.670. The lowest BCUT2D eigenvalue weighted by atomic mass is 10.1. The molecule has 3 N–H and O–H groups in total. The summed E-state index contributed by atoms with van der Waals surface area (Å²) in [5.74, 6) is -0.234. The van der Waals surface area contributed by atoms with Gasteiger partial charge < -0.3 is 11.1 Å². The Morgan fingerprint density at radius 3 is 2.60 bits per heavy atom. The third kappa shape index (κ3) is 3.56. The van der Waals surface area contributed by atoms with Crippen LogP contribution in [0.2, 0.25) is 5.02 Å². The molecular formula is C14H10BrClN2OS. The highest BCUT2D eigenvalue weighted by Gasteiger charge is 2.08. The third-order valence-corrected chi connectivity index (χ3v) is 4.04. The van der Waals surface area contributed by atoms with Crippen LogP contribution in [0.25, 0.3) is 0 Å². The van der Waals surface area contributed by atoms with Gasteiger partial charge in [0.25, 0.3) is 5.91 Å². The molecule has 102 valence electrons. The Hall–Kier alpha value is -1.43. The zero-order valence-corrected chi connectivity index (χ0v) is 13.3. The molecule has 0 heterocycles. The Labute approximate surface area is 135 Å². The largest absolute Gasteiger partial charge is 0.389 e. The number of halogens is 2. The molecule has 0 spiro atoms. The maximum Gasteiger partial charge on any atom is 0.255 e. The average molecular weight is 370 g/mol. The summed E-state index contributed by atoms with van der Waals surface area (Å²) in [7, 11) is 0. The number of carbonyl (C=O) groups excluding carboxylic acids is 1. The van der Waals surface area contributed by atoms with E-state index in [1.807, 2.05) is 0 Å². The first-order valence-corrected chi connectivity index (χ1v) is 7.21. The van der Waals surface area contributed by atoms with Crippen molar-refractivity contribution in [1.82, 2.24) is 0 Å². The van der Waals surface area contributed by atoms with E-state index in [1.165, 1.54) is 0 Å². The first-order valence-electron chi connectivity index (χ1n) is 5.63.